The van der Waals surface area contributed by atoms with Crippen LogP contribution in [0, 0.1) is 11.8 Å². The van der Waals surface area contributed by atoms with Crippen molar-refractivity contribution in [3.8, 4) is 0 Å². The third-order valence-electron chi connectivity index (χ3n) is 5.74. The van der Waals surface area contributed by atoms with Crippen molar-refractivity contribution in [2.75, 3.05) is 0 Å². The van der Waals surface area contributed by atoms with Crippen molar-refractivity contribution in [2.45, 2.75) is 44.2 Å². The number of benzene rings is 2. The number of carboxylic acids is 1. The van der Waals surface area contributed by atoms with Gasteiger partial charge in [0.25, 0.3) is 0 Å². The molecular formula is C23H23F3O3. The molecule has 3 nitrogen and oxygen atoms in total. The average molecular weight is 404 g/mol. The standard InChI is InChI=1S/C23H23F3O3/c24-23(25,26)19-8-4-5-15(13-19)14-20(22(28)29)21(27)18-11-9-17(10-12-18)16-6-2-1-3-7-16/h1-8,13,17-18,20H,9-12,14H2,(H,28,29). The summed E-state index contributed by atoms with van der Waals surface area (Å²) in [5.41, 5.74) is 0.589. The van der Waals surface area contributed by atoms with Crippen LogP contribution in [0.5, 0.6) is 0 Å². The van der Waals surface area contributed by atoms with E-state index in [0.29, 0.717) is 18.8 Å². The Morgan fingerprint density at radius 1 is 0.966 bits per heavy atom. The highest BCUT2D eigenvalue weighted by Gasteiger charge is 2.36. The Balaban J connectivity index is 1.67. The number of carboxylic acid groups (broad SMARTS) is 1. The van der Waals surface area contributed by atoms with Crippen molar-refractivity contribution in [1.29, 1.82) is 0 Å². The van der Waals surface area contributed by atoms with Gasteiger partial charge in [-0.2, -0.15) is 13.2 Å². The van der Waals surface area contributed by atoms with Crippen molar-refractivity contribution < 1.29 is 27.9 Å². The molecule has 0 heterocycles. The molecule has 1 atom stereocenters. The van der Waals surface area contributed by atoms with Gasteiger partial charge in [-0.15, -0.1) is 0 Å². The number of rotatable bonds is 6. The molecule has 1 aliphatic carbocycles. The van der Waals surface area contributed by atoms with E-state index >= 15 is 0 Å². The van der Waals surface area contributed by atoms with Gasteiger partial charge < -0.3 is 5.11 Å². The number of ketones is 1. The molecule has 6 heteroatoms. The molecule has 1 N–H and O–H groups in total. The zero-order valence-electron chi connectivity index (χ0n) is 15.9. The fraction of sp³-hybridized carbons (Fsp3) is 0.391. The number of hydrogen-bond donors (Lipinski definition) is 1. The lowest BCUT2D eigenvalue weighted by molar-refractivity contribution is -0.147. The maximum Gasteiger partial charge on any atom is 0.416 e. The first-order valence-corrected chi connectivity index (χ1v) is 9.73. The van der Waals surface area contributed by atoms with Gasteiger partial charge in [0.1, 0.15) is 11.7 Å². The first-order chi connectivity index (χ1) is 13.8. The summed E-state index contributed by atoms with van der Waals surface area (Å²) in [5.74, 6) is -2.98. The minimum Gasteiger partial charge on any atom is -0.481 e. The van der Waals surface area contributed by atoms with E-state index in [4.69, 9.17) is 0 Å². The first-order valence-electron chi connectivity index (χ1n) is 9.73. The van der Waals surface area contributed by atoms with Gasteiger partial charge in [-0.1, -0.05) is 48.5 Å². The molecule has 29 heavy (non-hydrogen) atoms. The van der Waals surface area contributed by atoms with Gasteiger partial charge in [-0.3, -0.25) is 9.59 Å². The first kappa shape index (κ1) is 21.1. The molecule has 1 fully saturated rings. The molecule has 2 aromatic carbocycles. The van der Waals surface area contributed by atoms with E-state index < -0.39 is 23.6 Å². The number of aliphatic carboxylic acids is 1. The van der Waals surface area contributed by atoms with E-state index in [1.807, 2.05) is 18.2 Å². The minimum absolute atomic E-state index is 0.207. The lowest BCUT2D eigenvalue weighted by Gasteiger charge is -2.29. The number of Topliss-reactive ketones (excluding diaryl/α,β-unsaturated/α-hetero) is 1. The predicted octanol–water partition coefficient (Wildman–Crippen LogP) is 5.49. The van der Waals surface area contributed by atoms with Gasteiger partial charge in [0.05, 0.1) is 5.56 Å². The summed E-state index contributed by atoms with van der Waals surface area (Å²) in [5, 5.41) is 9.55. The summed E-state index contributed by atoms with van der Waals surface area (Å²) >= 11 is 0. The quantitative estimate of drug-likeness (QED) is 0.648. The fourth-order valence-electron chi connectivity index (χ4n) is 4.14. The molecule has 0 aliphatic heterocycles. The van der Waals surface area contributed by atoms with E-state index in [0.717, 1.165) is 25.0 Å². The van der Waals surface area contributed by atoms with E-state index in [1.165, 1.54) is 17.7 Å². The van der Waals surface area contributed by atoms with Crippen LogP contribution in [0.2, 0.25) is 0 Å². The third kappa shape index (κ3) is 5.25. The summed E-state index contributed by atoms with van der Waals surface area (Å²) in [4.78, 5) is 24.6. The van der Waals surface area contributed by atoms with Gasteiger partial charge in [0.2, 0.25) is 0 Å². The second kappa shape index (κ2) is 8.80. The summed E-state index contributed by atoms with van der Waals surface area (Å²) < 4.78 is 38.7. The third-order valence-corrected chi connectivity index (χ3v) is 5.74. The summed E-state index contributed by atoms with van der Waals surface area (Å²) in [6.07, 6.45) is -1.92. The highest BCUT2D eigenvalue weighted by molar-refractivity contribution is 5.99. The molecular weight excluding hydrogens is 381 g/mol. The molecule has 1 saturated carbocycles. The van der Waals surface area contributed by atoms with Crippen LogP contribution in [-0.2, 0) is 22.2 Å². The fourth-order valence-corrected chi connectivity index (χ4v) is 4.14. The van der Waals surface area contributed by atoms with E-state index in [9.17, 15) is 27.9 Å². The summed E-state index contributed by atoms with van der Waals surface area (Å²) in [7, 11) is 0. The zero-order valence-corrected chi connectivity index (χ0v) is 15.9. The van der Waals surface area contributed by atoms with Crippen molar-refractivity contribution in [1.82, 2.24) is 0 Å². The van der Waals surface area contributed by atoms with Crippen LogP contribution >= 0.6 is 0 Å². The van der Waals surface area contributed by atoms with Crippen molar-refractivity contribution in [3.05, 3.63) is 71.3 Å². The Morgan fingerprint density at radius 3 is 2.21 bits per heavy atom. The van der Waals surface area contributed by atoms with Crippen molar-refractivity contribution >= 4 is 11.8 Å². The van der Waals surface area contributed by atoms with Crippen molar-refractivity contribution in [3.63, 3.8) is 0 Å². The lowest BCUT2D eigenvalue weighted by atomic mass is 9.74. The monoisotopic (exact) mass is 404 g/mol. The van der Waals surface area contributed by atoms with Gasteiger partial charge >= 0.3 is 12.1 Å². The number of alkyl halides is 3. The summed E-state index contributed by atoms with van der Waals surface area (Å²) in [6.45, 7) is 0. The topological polar surface area (TPSA) is 54.4 Å². The van der Waals surface area contributed by atoms with Crippen LogP contribution in [0.15, 0.2) is 54.6 Å². The van der Waals surface area contributed by atoms with E-state index in [2.05, 4.69) is 12.1 Å². The van der Waals surface area contributed by atoms with Crippen LogP contribution in [-0.4, -0.2) is 16.9 Å². The Bertz CT molecular complexity index is 853. The number of carbonyl (C=O) groups excluding carboxylic acids is 1. The Hall–Kier alpha value is -2.63. The highest BCUT2D eigenvalue weighted by Crippen LogP contribution is 2.37. The van der Waals surface area contributed by atoms with Crippen LogP contribution in [0.3, 0.4) is 0 Å². The molecule has 0 amide bonds. The van der Waals surface area contributed by atoms with Crippen LogP contribution < -0.4 is 0 Å². The maximum atomic E-state index is 12.9. The second-order valence-electron chi connectivity index (χ2n) is 7.65. The van der Waals surface area contributed by atoms with Crippen molar-refractivity contribution in [2.24, 2.45) is 11.8 Å². The SMILES string of the molecule is O=C(O)C(Cc1cccc(C(F)(F)F)c1)C(=O)C1CCC(c2ccccc2)CC1. The largest absolute Gasteiger partial charge is 0.481 e. The normalized spacial score (nSPS) is 20.8. The smallest absolute Gasteiger partial charge is 0.416 e. The number of hydrogen-bond acceptors (Lipinski definition) is 2. The minimum atomic E-state index is -4.51. The molecule has 2 aromatic rings. The molecule has 0 aromatic heterocycles. The number of carbonyl (C=O) groups is 2. The van der Waals surface area contributed by atoms with E-state index in [1.54, 1.807) is 0 Å². The molecule has 3 rings (SSSR count). The van der Waals surface area contributed by atoms with Gasteiger partial charge in [-0.25, -0.2) is 0 Å². The second-order valence-corrected chi connectivity index (χ2v) is 7.65. The Morgan fingerprint density at radius 2 is 1.62 bits per heavy atom. The van der Waals surface area contributed by atoms with Gasteiger partial charge in [0, 0.05) is 5.92 Å². The molecule has 1 unspecified atom stereocenters. The maximum absolute atomic E-state index is 12.9. The van der Waals surface area contributed by atoms with Crippen LogP contribution in [0.4, 0.5) is 13.2 Å². The average Bonchev–Trinajstić information content (AvgIpc) is 2.72. The molecule has 0 radical (unpaired) electrons. The van der Waals surface area contributed by atoms with Crippen LogP contribution in [0.25, 0.3) is 0 Å². The molecule has 0 spiro atoms. The predicted molar refractivity (Wildman–Crippen MR) is 102 cm³/mol. The Labute approximate surface area is 167 Å². The van der Waals surface area contributed by atoms with Gasteiger partial charge in [0.15, 0.2) is 0 Å². The van der Waals surface area contributed by atoms with Gasteiger partial charge in [-0.05, 0) is 55.2 Å². The lowest BCUT2D eigenvalue weighted by Crippen LogP contribution is -2.33. The Kier molecular flexibility index (Phi) is 6.40. The van der Waals surface area contributed by atoms with E-state index in [-0.39, 0.29) is 23.7 Å². The molecule has 0 bridgehead atoms. The highest BCUT2D eigenvalue weighted by atomic mass is 19.4. The molecule has 154 valence electrons. The zero-order chi connectivity index (χ0) is 21.0. The summed E-state index contributed by atoms with van der Waals surface area (Å²) in [6, 6.07) is 14.5. The molecule has 0 saturated heterocycles. The molecule has 1 aliphatic rings. The van der Waals surface area contributed by atoms with Crippen LogP contribution in [0.1, 0.15) is 48.3 Å². The number of halogens is 3.